The number of carboxylic acids is 1. The third-order valence-corrected chi connectivity index (χ3v) is 4.89. The van der Waals surface area contributed by atoms with Gasteiger partial charge in [-0.15, -0.1) is 0 Å². The van der Waals surface area contributed by atoms with Crippen LogP contribution in [0.3, 0.4) is 0 Å². The molecule has 1 saturated heterocycles. The Balaban J connectivity index is 2.08. The second kappa shape index (κ2) is 7.50. The smallest absolute Gasteiger partial charge is 0.305 e. The molecule has 0 spiro atoms. The van der Waals surface area contributed by atoms with E-state index in [1.807, 2.05) is 24.3 Å². The summed E-state index contributed by atoms with van der Waals surface area (Å²) in [5.41, 5.74) is 2.24. The maximum Gasteiger partial charge on any atom is 0.305 e. The molecule has 1 aromatic rings. The van der Waals surface area contributed by atoms with Crippen molar-refractivity contribution in [1.82, 2.24) is 4.90 Å². The summed E-state index contributed by atoms with van der Waals surface area (Å²) >= 11 is 1.72. The van der Waals surface area contributed by atoms with Crippen LogP contribution in [0.1, 0.15) is 24.5 Å². The van der Waals surface area contributed by atoms with Gasteiger partial charge in [0, 0.05) is 18.1 Å². The van der Waals surface area contributed by atoms with E-state index >= 15 is 0 Å². The minimum absolute atomic E-state index is 0.0359. The molecular formula is C16H21NO3S. The summed E-state index contributed by atoms with van der Waals surface area (Å²) in [5.74, 6) is 0.807. The lowest BCUT2D eigenvalue weighted by Gasteiger charge is -2.35. The van der Waals surface area contributed by atoms with Crippen LogP contribution in [-0.4, -0.2) is 46.0 Å². The minimum Gasteiger partial charge on any atom is -0.481 e. The molecule has 1 aliphatic heterocycles. The normalized spacial score (nSPS) is 18.5. The fraction of sp³-hybridized carbons (Fsp3) is 0.500. The molecule has 1 atom stereocenters. The van der Waals surface area contributed by atoms with Gasteiger partial charge in [-0.1, -0.05) is 31.2 Å². The van der Waals surface area contributed by atoms with Crippen molar-refractivity contribution >= 4 is 23.6 Å². The molecule has 0 radical (unpaired) electrons. The number of hydrogen-bond donors (Lipinski definition) is 1. The van der Waals surface area contributed by atoms with Gasteiger partial charge in [0.05, 0.1) is 18.9 Å². The lowest BCUT2D eigenvalue weighted by molar-refractivity contribution is -0.140. The zero-order chi connectivity index (χ0) is 15.2. The fourth-order valence-corrected chi connectivity index (χ4v) is 3.76. The molecular weight excluding hydrogens is 286 g/mol. The fourth-order valence-electron chi connectivity index (χ4n) is 2.69. The molecule has 1 aromatic carbocycles. The zero-order valence-electron chi connectivity index (χ0n) is 12.2. The molecule has 4 nitrogen and oxygen atoms in total. The highest BCUT2D eigenvalue weighted by molar-refractivity contribution is 7.99. The Hall–Kier alpha value is -1.49. The van der Waals surface area contributed by atoms with Crippen LogP contribution >= 0.6 is 11.8 Å². The lowest BCUT2D eigenvalue weighted by atomic mass is 10.0. The number of aryl methyl sites for hydroxylation is 1. The van der Waals surface area contributed by atoms with Crippen LogP contribution in [0.25, 0.3) is 0 Å². The number of hydrogen-bond acceptors (Lipinski definition) is 3. The Labute approximate surface area is 129 Å². The number of nitrogens with zero attached hydrogens (tertiary/aromatic N) is 1. The van der Waals surface area contributed by atoms with Gasteiger partial charge in [0.1, 0.15) is 0 Å². The van der Waals surface area contributed by atoms with E-state index in [1.54, 1.807) is 16.7 Å². The summed E-state index contributed by atoms with van der Waals surface area (Å²) in [7, 11) is 0. The maximum absolute atomic E-state index is 12.6. The van der Waals surface area contributed by atoms with Crippen LogP contribution in [0.4, 0.5) is 0 Å². The van der Waals surface area contributed by atoms with E-state index in [0.717, 1.165) is 17.7 Å². The molecule has 0 bridgehead atoms. The largest absolute Gasteiger partial charge is 0.481 e. The lowest BCUT2D eigenvalue weighted by Crippen LogP contribution is -2.47. The molecule has 0 aromatic heterocycles. The summed E-state index contributed by atoms with van der Waals surface area (Å²) in [6.07, 6.45) is 1.30. The number of aliphatic carboxylic acids is 1. The molecule has 1 unspecified atom stereocenters. The van der Waals surface area contributed by atoms with E-state index in [2.05, 4.69) is 6.92 Å². The van der Waals surface area contributed by atoms with E-state index in [1.165, 1.54) is 5.56 Å². The van der Waals surface area contributed by atoms with Crippen LogP contribution in [0.15, 0.2) is 24.3 Å². The molecule has 21 heavy (non-hydrogen) atoms. The van der Waals surface area contributed by atoms with Crippen molar-refractivity contribution in [1.29, 1.82) is 0 Å². The molecule has 0 saturated carbocycles. The second-order valence-corrected chi connectivity index (χ2v) is 6.36. The van der Waals surface area contributed by atoms with Gasteiger partial charge in [-0.2, -0.15) is 11.8 Å². The molecule has 114 valence electrons. The third-order valence-electron chi connectivity index (χ3n) is 3.80. The van der Waals surface area contributed by atoms with Gasteiger partial charge >= 0.3 is 5.97 Å². The predicted molar refractivity (Wildman–Crippen MR) is 84.6 cm³/mol. The van der Waals surface area contributed by atoms with E-state index in [-0.39, 0.29) is 18.4 Å². The quantitative estimate of drug-likeness (QED) is 0.906. The number of carbonyl (C=O) groups is 2. The highest BCUT2D eigenvalue weighted by atomic mass is 32.2. The van der Waals surface area contributed by atoms with E-state index in [0.29, 0.717) is 18.7 Å². The molecule has 1 amide bonds. The number of rotatable bonds is 5. The van der Waals surface area contributed by atoms with Gasteiger partial charge in [0.2, 0.25) is 5.91 Å². The summed E-state index contributed by atoms with van der Waals surface area (Å²) in [4.78, 5) is 25.3. The Morgan fingerprint density at radius 2 is 2.05 bits per heavy atom. The molecule has 1 heterocycles. The molecule has 1 N–H and O–H groups in total. The maximum atomic E-state index is 12.6. The van der Waals surface area contributed by atoms with Gasteiger partial charge in [0.15, 0.2) is 0 Å². The van der Waals surface area contributed by atoms with Crippen molar-refractivity contribution in [3.63, 3.8) is 0 Å². The standard InChI is InChI=1S/C16H21NO3S/c1-2-12-5-3-4-6-13(12)9-15(18)17-7-8-21-11-14(17)10-16(19)20/h3-6,14H,2,7-11H2,1H3,(H,19,20). The number of benzene rings is 1. The molecule has 1 aliphatic rings. The van der Waals surface area contributed by atoms with Crippen molar-refractivity contribution in [2.24, 2.45) is 0 Å². The van der Waals surface area contributed by atoms with Crippen molar-refractivity contribution in [2.45, 2.75) is 32.2 Å². The average molecular weight is 307 g/mol. The second-order valence-electron chi connectivity index (χ2n) is 5.21. The number of carbonyl (C=O) groups excluding carboxylic acids is 1. The number of thioether (sulfide) groups is 1. The van der Waals surface area contributed by atoms with Crippen LogP contribution < -0.4 is 0 Å². The monoisotopic (exact) mass is 307 g/mol. The van der Waals surface area contributed by atoms with Crippen LogP contribution in [0.2, 0.25) is 0 Å². The van der Waals surface area contributed by atoms with Gasteiger partial charge in [-0.25, -0.2) is 0 Å². The first-order valence-corrected chi connectivity index (χ1v) is 8.43. The van der Waals surface area contributed by atoms with Crippen molar-refractivity contribution in [2.75, 3.05) is 18.1 Å². The third kappa shape index (κ3) is 4.24. The summed E-state index contributed by atoms with van der Waals surface area (Å²) in [5, 5.41) is 8.99. The van der Waals surface area contributed by atoms with Crippen LogP contribution in [-0.2, 0) is 22.4 Å². The Morgan fingerprint density at radius 3 is 2.71 bits per heavy atom. The number of carboxylic acid groups (broad SMARTS) is 1. The van der Waals surface area contributed by atoms with Crippen molar-refractivity contribution in [3.05, 3.63) is 35.4 Å². The average Bonchev–Trinajstić information content (AvgIpc) is 2.47. The van der Waals surface area contributed by atoms with E-state index in [4.69, 9.17) is 5.11 Å². The minimum atomic E-state index is -0.839. The van der Waals surface area contributed by atoms with Crippen molar-refractivity contribution in [3.8, 4) is 0 Å². The van der Waals surface area contributed by atoms with E-state index in [9.17, 15) is 9.59 Å². The van der Waals surface area contributed by atoms with Gasteiger partial charge < -0.3 is 10.0 Å². The molecule has 1 fully saturated rings. The first-order valence-electron chi connectivity index (χ1n) is 7.27. The van der Waals surface area contributed by atoms with E-state index < -0.39 is 5.97 Å². The summed E-state index contributed by atoms with van der Waals surface area (Å²) in [6.45, 7) is 2.73. The highest BCUT2D eigenvalue weighted by Gasteiger charge is 2.28. The highest BCUT2D eigenvalue weighted by Crippen LogP contribution is 2.21. The SMILES string of the molecule is CCc1ccccc1CC(=O)N1CCSCC1CC(=O)O. The Morgan fingerprint density at radius 1 is 1.33 bits per heavy atom. The van der Waals surface area contributed by atoms with Crippen LogP contribution in [0, 0.1) is 0 Å². The molecule has 5 heteroatoms. The zero-order valence-corrected chi connectivity index (χ0v) is 13.1. The Kier molecular flexibility index (Phi) is 5.67. The van der Waals surface area contributed by atoms with Gasteiger partial charge in [0.25, 0.3) is 0 Å². The predicted octanol–water partition coefficient (Wildman–Crippen LogP) is 2.21. The molecule has 2 rings (SSSR count). The Bertz CT molecular complexity index is 518. The first kappa shape index (κ1) is 15.9. The van der Waals surface area contributed by atoms with Gasteiger partial charge in [-0.3, -0.25) is 9.59 Å². The topological polar surface area (TPSA) is 57.6 Å². The summed E-state index contributed by atoms with van der Waals surface area (Å²) in [6, 6.07) is 7.79. The number of amides is 1. The molecule has 0 aliphatic carbocycles. The van der Waals surface area contributed by atoms with Crippen molar-refractivity contribution < 1.29 is 14.7 Å². The first-order chi connectivity index (χ1) is 10.1. The summed E-state index contributed by atoms with van der Waals surface area (Å²) < 4.78 is 0. The van der Waals surface area contributed by atoms with Crippen LogP contribution in [0.5, 0.6) is 0 Å². The van der Waals surface area contributed by atoms with Gasteiger partial charge in [-0.05, 0) is 17.5 Å².